The maximum atomic E-state index is 12.5. The second-order valence-corrected chi connectivity index (χ2v) is 5.96. The lowest BCUT2D eigenvalue weighted by Crippen LogP contribution is -2.35. The maximum absolute atomic E-state index is 12.5. The van der Waals surface area contributed by atoms with E-state index in [1.807, 2.05) is 0 Å². The molecule has 0 unspecified atom stereocenters. The van der Waals surface area contributed by atoms with E-state index >= 15 is 0 Å². The fraction of sp³-hybridized carbons (Fsp3) is 0.562. The molecule has 0 spiro atoms. The van der Waals surface area contributed by atoms with Crippen LogP contribution < -0.4 is 16.9 Å². The van der Waals surface area contributed by atoms with Gasteiger partial charge in [0, 0.05) is 12.6 Å². The van der Waals surface area contributed by atoms with Crippen molar-refractivity contribution in [1.29, 1.82) is 0 Å². The Bertz CT molecular complexity index is 853. The molecule has 0 atom stereocenters. The fourth-order valence-corrected chi connectivity index (χ4v) is 3.40. The first-order chi connectivity index (χ1) is 10.6. The topological polar surface area (TPSA) is 85.1 Å². The second-order valence-electron chi connectivity index (χ2n) is 5.96. The van der Waals surface area contributed by atoms with Crippen LogP contribution in [0.1, 0.15) is 44.6 Å². The van der Waals surface area contributed by atoms with E-state index in [9.17, 15) is 14.4 Å². The molecule has 0 aliphatic heterocycles. The smallest absolute Gasteiger partial charge is 0.337 e. The number of nitrogens with one attached hydrogen (secondary N) is 1. The molecule has 3 rings (SSSR count). The van der Waals surface area contributed by atoms with Crippen molar-refractivity contribution in [2.75, 3.05) is 0 Å². The van der Waals surface area contributed by atoms with Gasteiger partial charge in [-0.05, 0) is 31.2 Å². The Morgan fingerprint density at radius 2 is 2.00 bits per heavy atom. The highest BCUT2D eigenvalue weighted by molar-refractivity contribution is 5.75. The van der Waals surface area contributed by atoms with E-state index in [0.717, 1.165) is 11.0 Å². The van der Waals surface area contributed by atoms with Crippen LogP contribution in [-0.2, 0) is 13.0 Å². The predicted octanol–water partition coefficient (Wildman–Crippen LogP) is 1.79. The lowest BCUT2D eigenvalue weighted by atomic mass is 9.97. The molecule has 118 valence electrons. The molecule has 6 nitrogen and oxygen atoms in total. The van der Waals surface area contributed by atoms with Crippen molar-refractivity contribution >= 4 is 11.1 Å². The Hall–Kier alpha value is -2.11. The molecule has 2 aromatic rings. The van der Waals surface area contributed by atoms with Gasteiger partial charge in [-0.25, -0.2) is 9.59 Å². The van der Waals surface area contributed by atoms with Gasteiger partial charge in [0.1, 0.15) is 5.39 Å². The Morgan fingerprint density at radius 1 is 1.27 bits per heavy atom. The van der Waals surface area contributed by atoms with Crippen molar-refractivity contribution in [3.63, 3.8) is 0 Å². The Kier molecular flexibility index (Phi) is 4.00. The monoisotopic (exact) mass is 304 g/mol. The molecule has 0 radical (unpaired) electrons. The fourth-order valence-electron chi connectivity index (χ4n) is 3.40. The highest BCUT2D eigenvalue weighted by Gasteiger charge is 2.18. The van der Waals surface area contributed by atoms with Gasteiger partial charge >= 0.3 is 11.3 Å². The van der Waals surface area contributed by atoms with Crippen molar-refractivity contribution in [2.45, 2.75) is 52.0 Å². The lowest BCUT2D eigenvalue weighted by Gasteiger charge is -2.10. The summed E-state index contributed by atoms with van der Waals surface area (Å²) in [6, 6.07) is 1.39. The first-order valence-electron chi connectivity index (χ1n) is 7.90. The molecule has 0 aromatic carbocycles. The number of aromatic nitrogens is 2. The molecule has 0 bridgehead atoms. The van der Waals surface area contributed by atoms with Gasteiger partial charge in [0.2, 0.25) is 5.71 Å². The van der Waals surface area contributed by atoms with E-state index in [2.05, 4.69) is 4.98 Å². The standard InChI is InChI=1S/C16H20N2O4/c1-2-18-15(20)13-11(8-7-10-5-3-4-6-10)9-12(19)22-14(13)17-16(18)21/h9-10H,2-8H2,1H3,(H,17,21). The molecule has 1 N–H and O–H groups in total. The number of rotatable bonds is 4. The van der Waals surface area contributed by atoms with Crippen molar-refractivity contribution < 1.29 is 4.42 Å². The summed E-state index contributed by atoms with van der Waals surface area (Å²) in [6.45, 7) is 2.02. The normalized spacial score (nSPS) is 15.7. The average molecular weight is 304 g/mol. The van der Waals surface area contributed by atoms with E-state index < -0.39 is 11.3 Å². The molecule has 1 saturated carbocycles. The van der Waals surface area contributed by atoms with Gasteiger partial charge in [-0.2, -0.15) is 0 Å². The van der Waals surface area contributed by atoms with Crippen LogP contribution in [0.15, 0.2) is 24.9 Å². The number of H-pyrrole nitrogens is 1. The van der Waals surface area contributed by atoms with Crippen LogP contribution in [0.3, 0.4) is 0 Å². The molecule has 6 heteroatoms. The maximum Gasteiger partial charge on any atom is 0.337 e. The minimum absolute atomic E-state index is 0.00591. The predicted molar refractivity (Wildman–Crippen MR) is 83.3 cm³/mol. The Labute approximate surface area is 126 Å². The quantitative estimate of drug-likeness (QED) is 0.933. The number of hydrogen-bond donors (Lipinski definition) is 1. The van der Waals surface area contributed by atoms with Crippen LogP contribution in [-0.4, -0.2) is 9.55 Å². The summed E-state index contributed by atoms with van der Waals surface area (Å²) in [7, 11) is 0. The minimum atomic E-state index is -0.545. The highest BCUT2D eigenvalue weighted by atomic mass is 16.4. The number of aromatic amines is 1. The molecule has 1 fully saturated rings. The van der Waals surface area contributed by atoms with E-state index in [4.69, 9.17) is 4.42 Å². The number of aryl methyl sites for hydroxylation is 1. The van der Waals surface area contributed by atoms with E-state index in [1.165, 1.54) is 31.7 Å². The summed E-state index contributed by atoms with van der Waals surface area (Å²) in [5.41, 5.74) is -0.782. The van der Waals surface area contributed by atoms with Crippen LogP contribution >= 0.6 is 0 Å². The average Bonchev–Trinajstić information content (AvgIpc) is 2.97. The van der Waals surface area contributed by atoms with E-state index in [1.54, 1.807) is 6.92 Å². The largest absolute Gasteiger partial charge is 0.405 e. The Balaban J connectivity index is 2.09. The van der Waals surface area contributed by atoms with Crippen molar-refractivity contribution in [2.24, 2.45) is 5.92 Å². The van der Waals surface area contributed by atoms with Gasteiger partial charge in [-0.3, -0.25) is 14.3 Å². The van der Waals surface area contributed by atoms with Crippen molar-refractivity contribution in [1.82, 2.24) is 9.55 Å². The summed E-state index contributed by atoms with van der Waals surface area (Å²) in [6.07, 6.45) is 6.59. The zero-order valence-electron chi connectivity index (χ0n) is 12.7. The third kappa shape index (κ3) is 2.65. The third-order valence-corrected chi connectivity index (χ3v) is 4.58. The number of fused-ring (bicyclic) bond motifs is 1. The second kappa shape index (κ2) is 5.94. The third-order valence-electron chi connectivity index (χ3n) is 4.58. The molecular formula is C16H20N2O4. The molecule has 2 aromatic heterocycles. The van der Waals surface area contributed by atoms with E-state index in [0.29, 0.717) is 23.3 Å². The van der Waals surface area contributed by atoms with Gasteiger partial charge in [-0.15, -0.1) is 0 Å². The summed E-state index contributed by atoms with van der Waals surface area (Å²) < 4.78 is 6.14. The van der Waals surface area contributed by atoms with Crippen LogP contribution in [0.25, 0.3) is 11.1 Å². The summed E-state index contributed by atoms with van der Waals surface area (Å²) >= 11 is 0. The van der Waals surface area contributed by atoms with Gasteiger partial charge in [0.15, 0.2) is 0 Å². The van der Waals surface area contributed by atoms with E-state index in [-0.39, 0.29) is 17.8 Å². The number of nitrogens with zero attached hydrogens (tertiary/aromatic N) is 1. The molecule has 0 amide bonds. The molecule has 2 heterocycles. The first-order valence-corrected chi connectivity index (χ1v) is 7.90. The van der Waals surface area contributed by atoms with Crippen LogP contribution in [0.5, 0.6) is 0 Å². The van der Waals surface area contributed by atoms with Gasteiger partial charge in [0.05, 0.1) is 0 Å². The van der Waals surface area contributed by atoms with Crippen LogP contribution in [0.2, 0.25) is 0 Å². The minimum Gasteiger partial charge on any atom is -0.405 e. The zero-order valence-corrected chi connectivity index (χ0v) is 12.7. The molecule has 22 heavy (non-hydrogen) atoms. The molecule has 1 aliphatic carbocycles. The van der Waals surface area contributed by atoms with Crippen molar-refractivity contribution in [3.05, 3.63) is 42.9 Å². The number of hydrogen-bond acceptors (Lipinski definition) is 4. The van der Waals surface area contributed by atoms with Crippen LogP contribution in [0.4, 0.5) is 0 Å². The Morgan fingerprint density at radius 3 is 2.68 bits per heavy atom. The molecule has 1 aliphatic rings. The summed E-state index contributed by atoms with van der Waals surface area (Å²) in [5, 5.41) is 0.332. The highest BCUT2D eigenvalue weighted by Crippen LogP contribution is 2.29. The first kappa shape index (κ1) is 14.8. The van der Waals surface area contributed by atoms with Gasteiger partial charge in [-0.1, -0.05) is 25.7 Å². The van der Waals surface area contributed by atoms with Crippen LogP contribution in [0, 0.1) is 5.92 Å². The SMILES string of the molecule is CCn1c(=O)[nH]c2oc(=O)cc(CCC3CCCC3)c2c1=O. The van der Waals surface area contributed by atoms with Gasteiger partial charge < -0.3 is 4.42 Å². The van der Waals surface area contributed by atoms with Crippen molar-refractivity contribution in [3.8, 4) is 0 Å². The zero-order chi connectivity index (χ0) is 15.7. The summed E-state index contributed by atoms with van der Waals surface area (Å²) in [4.78, 5) is 38.5. The van der Waals surface area contributed by atoms with Gasteiger partial charge in [0.25, 0.3) is 5.56 Å². The lowest BCUT2D eigenvalue weighted by molar-refractivity contribution is 0.499. The molecule has 0 saturated heterocycles. The summed E-state index contributed by atoms with van der Waals surface area (Å²) in [5.74, 6) is 0.665. The molecular weight excluding hydrogens is 284 g/mol.